The van der Waals surface area contributed by atoms with E-state index in [4.69, 9.17) is 0 Å². The normalized spacial score (nSPS) is 16.1. The minimum atomic E-state index is -3.23. The van der Waals surface area contributed by atoms with Crippen LogP contribution < -0.4 is 61.4 Å². The fraction of sp³-hybridized carbons (Fsp3) is 1.00. The molecular weight excluding hydrogens is 176 g/mol. The van der Waals surface area contributed by atoms with Crippen molar-refractivity contribution in [3.63, 3.8) is 0 Å². The van der Waals surface area contributed by atoms with Crippen LogP contribution in [0.15, 0.2) is 0 Å². The molecule has 0 aromatic carbocycles. The summed E-state index contributed by atoms with van der Waals surface area (Å²) in [5.74, 6) is 0. The molecule has 0 aromatic heterocycles. The molecule has 0 heterocycles. The van der Waals surface area contributed by atoms with Gasteiger partial charge in [-0.05, 0) is 20.0 Å². The molecule has 0 aliphatic heterocycles. The van der Waals surface area contributed by atoms with Crippen LogP contribution in [0.4, 0.5) is 0 Å². The molecule has 1 atom stereocenters. The van der Waals surface area contributed by atoms with Crippen molar-refractivity contribution in [3.8, 4) is 0 Å². The number of hydrogen-bond donors (Lipinski definition) is 1. The van der Waals surface area contributed by atoms with Crippen molar-refractivity contribution in [2.75, 3.05) is 6.16 Å². The summed E-state index contributed by atoms with van der Waals surface area (Å²) in [6.07, 6.45) is 0.186. The van der Waals surface area contributed by atoms with Crippen molar-refractivity contribution < 1.29 is 60.8 Å². The molecule has 0 aromatic rings. The maximum absolute atomic E-state index is 10.7. The molecule has 0 aliphatic carbocycles. The van der Waals surface area contributed by atoms with E-state index in [0.29, 0.717) is 0 Å². The van der Waals surface area contributed by atoms with Gasteiger partial charge in [-0.15, -0.1) is 0 Å². The van der Waals surface area contributed by atoms with E-state index in [9.17, 15) is 9.46 Å². The molecule has 0 aliphatic rings. The Morgan fingerprint density at radius 3 is 2.10 bits per heavy atom. The minimum absolute atomic E-state index is 0. The molecule has 56 valence electrons. The summed E-state index contributed by atoms with van der Waals surface area (Å²) in [7, 11) is -3.23. The molecular formula is C5H13KNO2P. The zero-order valence-electron chi connectivity index (χ0n) is 7.05. The fourth-order valence-corrected chi connectivity index (χ4v) is 1.45. The van der Waals surface area contributed by atoms with Crippen molar-refractivity contribution in [3.05, 3.63) is 0 Å². The van der Waals surface area contributed by atoms with E-state index in [2.05, 4.69) is 5.09 Å². The Morgan fingerprint density at radius 2 is 2.00 bits per heavy atom. The van der Waals surface area contributed by atoms with Crippen LogP contribution in [-0.4, -0.2) is 12.2 Å². The summed E-state index contributed by atoms with van der Waals surface area (Å²) in [6, 6.07) is 0.0216. The van der Waals surface area contributed by atoms with Crippen molar-refractivity contribution in [1.82, 2.24) is 5.09 Å². The second-order valence-corrected chi connectivity index (χ2v) is 4.51. The zero-order chi connectivity index (χ0) is 7.49. The summed E-state index contributed by atoms with van der Waals surface area (Å²) in [5, 5.41) is 2.47. The van der Waals surface area contributed by atoms with Gasteiger partial charge in [0, 0.05) is 6.04 Å². The number of hydrogen-bond acceptors (Lipinski definition) is 2. The standard InChI is InChI=1S/C5H14NO2P.K/c1-4-9(7,8)6-5(2)3;/h5H,4H2,1-3H3,(H2,6,7,8);/q;+1/p-1. The Labute approximate surface area is 105 Å². The van der Waals surface area contributed by atoms with E-state index in [1.807, 2.05) is 0 Å². The smallest absolute Gasteiger partial charge is 0.788 e. The van der Waals surface area contributed by atoms with Gasteiger partial charge in [-0.2, -0.15) is 0 Å². The maximum Gasteiger partial charge on any atom is 1.00 e. The van der Waals surface area contributed by atoms with Gasteiger partial charge >= 0.3 is 51.4 Å². The van der Waals surface area contributed by atoms with E-state index < -0.39 is 7.52 Å². The second-order valence-electron chi connectivity index (χ2n) is 2.27. The topological polar surface area (TPSA) is 52.2 Å². The Bertz CT molecular complexity index is 129. The third kappa shape index (κ3) is 7.89. The predicted octanol–water partition coefficient (Wildman–Crippen LogP) is -2.44. The van der Waals surface area contributed by atoms with Gasteiger partial charge < -0.3 is 9.46 Å². The van der Waals surface area contributed by atoms with Crippen molar-refractivity contribution in [2.45, 2.75) is 26.8 Å². The predicted molar refractivity (Wildman–Crippen MR) is 36.4 cm³/mol. The van der Waals surface area contributed by atoms with Crippen molar-refractivity contribution in [1.29, 1.82) is 0 Å². The quantitative estimate of drug-likeness (QED) is 0.396. The number of nitrogens with one attached hydrogen (secondary N) is 1. The van der Waals surface area contributed by atoms with E-state index in [1.54, 1.807) is 20.8 Å². The summed E-state index contributed by atoms with van der Waals surface area (Å²) < 4.78 is 10.7. The summed E-state index contributed by atoms with van der Waals surface area (Å²) in [4.78, 5) is 10.7. The first-order chi connectivity index (χ1) is 3.98. The largest absolute Gasteiger partial charge is 1.00 e. The summed E-state index contributed by atoms with van der Waals surface area (Å²) in [6.45, 7) is 5.24. The van der Waals surface area contributed by atoms with Gasteiger partial charge in [0.05, 0.1) is 7.52 Å². The van der Waals surface area contributed by atoms with Gasteiger partial charge in [-0.25, -0.2) is 0 Å². The van der Waals surface area contributed by atoms with Crippen LogP contribution in [0.2, 0.25) is 0 Å². The Balaban J connectivity index is 0. The maximum atomic E-state index is 10.7. The monoisotopic (exact) mass is 189 g/mol. The molecule has 0 bridgehead atoms. The molecule has 0 spiro atoms. The molecule has 10 heavy (non-hydrogen) atoms. The molecule has 0 radical (unpaired) electrons. The second kappa shape index (κ2) is 6.32. The van der Waals surface area contributed by atoms with Crippen molar-refractivity contribution in [2.24, 2.45) is 0 Å². The minimum Gasteiger partial charge on any atom is -0.788 e. The molecule has 0 rings (SSSR count). The molecule has 0 saturated heterocycles. The Hall–Kier alpha value is 1.79. The average molecular weight is 189 g/mol. The first-order valence-corrected chi connectivity index (χ1v) is 4.87. The van der Waals surface area contributed by atoms with E-state index in [1.165, 1.54) is 0 Å². The van der Waals surface area contributed by atoms with Gasteiger partial charge in [-0.3, -0.25) is 5.09 Å². The van der Waals surface area contributed by atoms with Crippen LogP contribution in [0.25, 0.3) is 0 Å². The molecule has 0 saturated carbocycles. The third-order valence-corrected chi connectivity index (χ3v) is 2.61. The molecule has 3 nitrogen and oxygen atoms in total. The third-order valence-electron chi connectivity index (χ3n) is 0.871. The molecule has 0 fully saturated rings. The summed E-state index contributed by atoms with van der Waals surface area (Å²) in [5.41, 5.74) is 0. The van der Waals surface area contributed by atoms with E-state index in [0.717, 1.165) is 0 Å². The molecule has 1 unspecified atom stereocenters. The first kappa shape index (κ1) is 14.3. The Morgan fingerprint density at radius 1 is 1.60 bits per heavy atom. The SMILES string of the molecule is CCP(=O)([O-])NC(C)C.[K+]. The first-order valence-electron chi connectivity index (χ1n) is 3.06. The van der Waals surface area contributed by atoms with Crippen LogP contribution in [0.1, 0.15) is 20.8 Å². The van der Waals surface area contributed by atoms with Crippen LogP contribution >= 0.6 is 7.52 Å². The van der Waals surface area contributed by atoms with Crippen LogP contribution in [0, 0.1) is 0 Å². The van der Waals surface area contributed by atoms with Crippen LogP contribution in [0.3, 0.4) is 0 Å². The average Bonchev–Trinajstić information content (AvgIpc) is 1.63. The van der Waals surface area contributed by atoms with E-state index in [-0.39, 0.29) is 63.6 Å². The van der Waals surface area contributed by atoms with Gasteiger partial charge in [0.25, 0.3) is 0 Å². The van der Waals surface area contributed by atoms with Crippen molar-refractivity contribution >= 4 is 7.52 Å². The molecule has 5 heteroatoms. The molecule has 1 N–H and O–H groups in total. The van der Waals surface area contributed by atoms with Gasteiger partial charge in [0.1, 0.15) is 0 Å². The van der Waals surface area contributed by atoms with Gasteiger partial charge in [-0.1, -0.05) is 6.92 Å². The Kier molecular flexibility index (Phi) is 9.05. The van der Waals surface area contributed by atoms with Crippen LogP contribution in [-0.2, 0) is 4.57 Å². The van der Waals surface area contributed by atoms with Crippen LogP contribution in [0.5, 0.6) is 0 Å². The zero-order valence-corrected chi connectivity index (χ0v) is 11.1. The van der Waals surface area contributed by atoms with Gasteiger partial charge in [0.2, 0.25) is 0 Å². The fourth-order valence-electron chi connectivity index (χ4n) is 0.485. The van der Waals surface area contributed by atoms with Gasteiger partial charge in [0.15, 0.2) is 0 Å². The van der Waals surface area contributed by atoms with E-state index >= 15 is 0 Å². The number of rotatable bonds is 3. The molecule has 0 amide bonds. The summed E-state index contributed by atoms with van der Waals surface area (Å²) >= 11 is 0.